The molecule has 0 aromatic carbocycles. The van der Waals surface area contributed by atoms with Gasteiger partial charge in [-0.1, -0.05) is 0 Å². The van der Waals surface area contributed by atoms with Crippen LogP contribution in [0.25, 0.3) is 0 Å². The summed E-state index contributed by atoms with van der Waals surface area (Å²) in [6.07, 6.45) is -0.967. The molecule has 2 N–H and O–H groups in total. The highest BCUT2D eigenvalue weighted by Gasteiger charge is 2.43. The number of carbonyl (C=O) groups excluding carboxylic acids is 1. The molecule has 8 heteroatoms. The first kappa shape index (κ1) is 15.6. The van der Waals surface area contributed by atoms with Gasteiger partial charge in [0.1, 0.15) is 5.54 Å². The summed E-state index contributed by atoms with van der Waals surface area (Å²) in [4.78, 5) is 24.3. The summed E-state index contributed by atoms with van der Waals surface area (Å²) in [5.41, 5.74) is -2.01. The minimum atomic E-state index is -3.19. The molecule has 0 aromatic heterocycles. The number of nitrogens with zero attached hydrogens (tertiary/aromatic N) is 1. The van der Waals surface area contributed by atoms with Gasteiger partial charge in [-0.2, -0.15) is 0 Å². The van der Waals surface area contributed by atoms with Crippen LogP contribution in [-0.4, -0.2) is 59.8 Å². The SMILES string of the molecule is CC(F)(F)C[C@](C)(NC(=O)N1CCOCC1)C(=O)O. The molecule has 0 unspecified atom stereocenters. The van der Waals surface area contributed by atoms with Crippen molar-refractivity contribution < 1.29 is 28.2 Å². The largest absolute Gasteiger partial charge is 0.480 e. The van der Waals surface area contributed by atoms with Gasteiger partial charge in [-0.25, -0.2) is 18.4 Å². The Morgan fingerprint density at radius 3 is 2.26 bits per heavy atom. The number of alkyl halides is 2. The first-order valence-corrected chi connectivity index (χ1v) is 5.90. The van der Waals surface area contributed by atoms with Crippen LogP contribution in [0.2, 0.25) is 0 Å². The lowest BCUT2D eigenvalue weighted by molar-refractivity contribution is -0.147. The molecule has 19 heavy (non-hydrogen) atoms. The average molecular weight is 280 g/mol. The fraction of sp³-hybridized carbons (Fsp3) is 0.818. The number of rotatable bonds is 4. The normalized spacial score (nSPS) is 19.7. The summed E-state index contributed by atoms with van der Waals surface area (Å²) in [7, 11) is 0. The summed E-state index contributed by atoms with van der Waals surface area (Å²) in [5, 5.41) is 11.2. The van der Waals surface area contributed by atoms with Crippen LogP contribution in [0.5, 0.6) is 0 Å². The van der Waals surface area contributed by atoms with Crippen LogP contribution in [0.4, 0.5) is 13.6 Å². The molecule has 0 spiro atoms. The van der Waals surface area contributed by atoms with Crippen molar-refractivity contribution in [2.75, 3.05) is 26.3 Å². The van der Waals surface area contributed by atoms with E-state index in [-0.39, 0.29) is 0 Å². The molecule has 1 aliphatic rings. The molecule has 0 aromatic rings. The molecule has 0 bridgehead atoms. The predicted octanol–water partition coefficient (Wildman–Crippen LogP) is 0.917. The highest BCUT2D eigenvalue weighted by Crippen LogP contribution is 2.26. The number of hydrogen-bond donors (Lipinski definition) is 2. The third-order valence-corrected chi connectivity index (χ3v) is 2.82. The Morgan fingerprint density at radius 2 is 1.84 bits per heavy atom. The molecule has 1 rings (SSSR count). The summed E-state index contributed by atoms with van der Waals surface area (Å²) in [5.74, 6) is -4.68. The van der Waals surface area contributed by atoms with Gasteiger partial charge in [-0.05, 0) is 13.8 Å². The minimum absolute atomic E-state index is 0.310. The van der Waals surface area contributed by atoms with E-state index in [1.54, 1.807) is 0 Å². The summed E-state index contributed by atoms with van der Waals surface area (Å²) in [6, 6.07) is -0.669. The van der Waals surface area contributed by atoms with Crippen LogP contribution in [0.1, 0.15) is 20.3 Å². The maximum Gasteiger partial charge on any atom is 0.329 e. The quantitative estimate of drug-likeness (QED) is 0.802. The lowest BCUT2D eigenvalue weighted by atomic mass is 9.94. The van der Waals surface area contributed by atoms with Crippen LogP contribution in [0.15, 0.2) is 0 Å². The van der Waals surface area contributed by atoms with Crippen molar-refractivity contribution in [3.8, 4) is 0 Å². The number of carboxylic acids is 1. The highest BCUT2D eigenvalue weighted by molar-refractivity contribution is 5.86. The van der Waals surface area contributed by atoms with Gasteiger partial charge in [0, 0.05) is 19.5 Å². The number of ether oxygens (including phenoxy) is 1. The number of morpholine rings is 1. The van der Waals surface area contributed by atoms with Crippen LogP contribution in [0, 0.1) is 0 Å². The summed E-state index contributed by atoms with van der Waals surface area (Å²) in [6.45, 7) is 3.01. The molecule has 1 heterocycles. The second-order valence-corrected chi connectivity index (χ2v) is 4.91. The smallest absolute Gasteiger partial charge is 0.329 e. The van der Waals surface area contributed by atoms with Crippen molar-refractivity contribution in [1.29, 1.82) is 0 Å². The fourth-order valence-corrected chi connectivity index (χ4v) is 1.88. The maximum atomic E-state index is 13.0. The number of urea groups is 1. The minimum Gasteiger partial charge on any atom is -0.480 e. The standard InChI is InChI=1S/C11H18F2N2O4/c1-10(8(16)17,7-11(2,12)13)14-9(18)15-3-5-19-6-4-15/h3-7H2,1-2H3,(H,14,18)(H,16,17)/t10-/m0/s1. The second-order valence-electron chi connectivity index (χ2n) is 4.91. The Kier molecular flexibility index (Phi) is 4.67. The van der Waals surface area contributed by atoms with Gasteiger partial charge >= 0.3 is 12.0 Å². The van der Waals surface area contributed by atoms with Crippen molar-refractivity contribution in [3.63, 3.8) is 0 Å². The Bertz CT molecular complexity index is 353. The first-order valence-electron chi connectivity index (χ1n) is 5.90. The van der Waals surface area contributed by atoms with E-state index in [9.17, 15) is 18.4 Å². The molecule has 2 amide bonds. The van der Waals surface area contributed by atoms with Crippen LogP contribution >= 0.6 is 0 Å². The average Bonchev–Trinajstić information content (AvgIpc) is 2.27. The van der Waals surface area contributed by atoms with Crippen molar-refractivity contribution in [2.24, 2.45) is 0 Å². The monoisotopic (exact) mass is 280 g/mol. The molecular weight excluding hydrogens is 262 g/mol. The van der Waals surface area contributed by atoms with Gasteiger partial charge in [-0.15, -0.1) is 0 Å². The zero-order valence-corrected chi connectivity index (χ0v) is 10.9. The third kappa shape index (κ3) is 4.62. The van der Waals surface area contributed by atoms with E-state index in [1.165, 1.54) is 4.90 Å². The van der Waals surface area contributed by atoms with Gasteiger partial charge in [-0.3, -0.25) is 0 Å². The molecule has 0 radical (unpaired) electrons. The Hall–Kier alpha value is -1.44. The topological polar surface area (TPSA) is 78.9 Å². The van der Waals surface area contributed by atoms with E-state index in [0.29, 0.717) is 33.2 Å². The molecule has 1 saturated heterocycles. The van der Waals surface area contributed by atoms with Crippen molar-refractivity contribution in [1.82, 2.24) is 10.2 Å². The Labute approximate surface area is 109 Å². The van der Waals surface area contributed by atoms with Crippen LogP contribution in [0.3, 0.4) is 0 Å². The zero-order valence-electron chi connectivity index (χ0n) is 10.9. The summed E-state index contributed by atoms with van der Waals surface area (Å²) >= 11 is 0. The molecular formula is C11H18F2N2O4. The lowest BCUT2D eigenvalue weighted by Gasteiger charge is -2.33. The van der Waals surface area contributed by atoms with Gasteiger partial charge < -0.3 is 20.1 Å². The number of aliphatic carboxylic acids is 1. The van der Waals surface area contributed by atoms with Crippen molar-refractivity contribution >= 4 is 12.0 Å². The van der Waals surface area contributed by atoms with Gasteiger partial charge in [0.05, 0.1) is 13.2 Å². The molecule has 0 saturated carbocycles. The number of hydrogen-bond acceptors (Lipinski definition) is 3. The van der Waals surface area contributed by atoms with Gasteiger partial charge in [0.2, 0.25) is 5.92 Å². The maximum absolute atomic E-state index is 13.0. The molecule has 1 atom stereocenters. The van der Waals surface area contributed by atoms with E-state index in [1.807, 2.05) is 0 Å². The predicted molar refractivity (Wildman–Crippen MR) is 62.2 cm³/mol. The lowest BCUT2D eigenvalue weighted by Crippen LogP contribution is -2.59. The second kappa shape index (κ2) is 5.68. The highest BCUT2D eigenvalue weighted by atomic mass is 19.3. The van der Waals surface area contributed by atoms with E-state index in [2.05, 4.69) is 5.32 Å². The van der Waals surface area contributed by atoms with Crippen molar-refractivity contribution in [2.45, 2.75) is 31.7 Å². The van der Waals surface area contributed by atoms with E-state index in [0.717, 1.165) is 6.92 Å². The van der Waals surface area contributed by atoms with E-state index < -0.39 is 29.9 Å². The van der Waals surface area contributed by atoms with Crippen LogP contribution < -0.4 is 5.32 Å². The molecule has 6 nitrogen and oxygen atoms in total. The van der Waals surface area contributed by atoms with Gasteiger partial charge in [0.15, 0.2) is 0 Å². The number of amides is 2. The van der Waals surface area contributed by atoms with E-state index in [4.69, 9.17) is 9.84 Å². The Balaban J connectivity index is 2.72. The molecule has 1 fully saturated rings. The first-order chi connectivity index (χ1) is 8.64. The van der Waals surface area contributed by atoms with Gasteiger partial charge in [0.25, 0.3) is 0 Å². The molecule has 0 aliphatic carbocycles. The number of nitrogens with one attached hydrogen (secondary N) is 1. The number of halogens is 2. The third-order valence-electron chi connectivity index (χ3n) is 2.82. The van der Waals surface area contributed by atoms with Crippen LogP contribution in [-0.2, 0) is 9.53 Å². The Morgan fingerprint density at radius 1 is 1.32 bits per heavy atom. The van der Waals surface area contributed by atoms with Crippen molar-refractivity contribution in [3.05, 3.63) is 0 Å². The number of carboxylic acid groups (broad SMARTS) is 1. The fourth-order valence-electron chi connectivity index (χ4n) is 1.88. The number of carbonyl (C=O) groups is 2. The van der Waals surface area contributed by atoms with E-state index >= 15 is 0 Å². The zero-order chi connectivity index (χ0) is 14.7. The molecule has 110 valence electrons. The summed E-state index contributed by atoms with van der Waals surface area (Å²) < 4.78 is 31.1. The molecule has 1 aliphatic heterocycles.